The van der Waals surface area contributed by atoms with Crippen LogP contribution >= 0.6 is 0 Å². The molecule has 14 heavy (non-hydrogen) atoms. The summed E-state index contributed by atoms with van der Waals surface area (Å²) in [5.74, 6) is 0. The lowest BCUT2D eigenvalue weighted by molar-refractivity contribution is 0.0245. The molecule has 82 valence electrons. The van der Waals surface area contributed by atoms with Gasteiger partial charge in [0, 0.05) is 25.2 Å². The zero-order valence-electron chi connectivity index (χ0n) is 9.11. The number of hydrogen-bond acceptors (Lipinski definition) is 3. The molecule has 0 spiro atoms. The van der Waals surface area contributed by atoms with Crippen LogP contribution in [-0.2, 0) is 4.74 Å². The third kappa shape index (κ3) is 1.95. The lowest BCUT2D eigenvalue weighted by Crippen LogP contribution is -2.49. The number of ether oxygens (including phenoxy) is 1. The lowest BCUT2D eigenvalue weighted by Gasteiger charge is -2.34. The molecule has 0 aromatic rings. The first-order valence-corrected chi connectivity index (χ1v) is 5.90. The maximum atomic E-state index is 5.87. The van der Waals surface area contributed by atoms with Gasteiger partial charge in [-0.1, -0.05) is 0 Å². The largest absolute Gasteiger partial charge is 0.377 e. The SMILES string of the molecule is CC1CCCN1C(CN)C1CCCO1. The van der Waals surface area contributed by atoms with Crippen LogP contribution in [0.1, 0.15) is 32.6 Å². The summed E-state index contributed by atoms with van der Waals surface area (Å²) in [6.07, 6.45) is 5.46. The molecule has 2 N–H and O–H groups in total. The van der Waals surface area contributed by atoms with Crippen molar-refractivity contribution in [3.63, 3.8) is 0 Å². The summed E-state index contributed by atoms with van der Waals surface area (Å²) in [5.41, 5.74) is 5.87. The monoisotopic (exact) mass is 198 g/mol. The van der Waals surface area contributed by atoms with Gasteiger partial charge in [-0.05, 0) is 39.2 Å². The molecule has 2 fully saturated rings. The van der Waals surface area contributed by atoms with Crippen molar-refractivity contribution in [1.82, 2.24) is 4.90 Å². The molecule has 3 heteroatoms. The fourth-order valence-electron chi connectivity index (χ4n) is 2.85. The Morgan fingerprint density at radius 2 is 2.29 bits per heavy atom. The molecule has 0 aromatic carbocycles. The minimum absolute atomic E-state index is 0.403. The number of rotatable bonds is 3. The standard InChI is InChI=1S/C11H22N2O/c1-9-4-2-6-13(9)10(8-12)11-5-3-7-14-11/h9-11H,2-8,12H2,1H3. The van der Waals surface area contributed by atoms with Crippen molar-refractivity contribution >= 4 is 0 Å². The second-order valence-corrected chi connectivity index (χ2v) is 4.58. The molecule has 0 amide bonds. The average Bonchev–Trinajstić information content (AvgIpc) is 2.80. The zero-order chi connectivity index (χ0) is 9.97. The van der Waals surface area contributed by atoms with Gasteiger partial charge < -0.3 is 10.5 Å². The van der Waals surface area contributed by atoms with Gasteiger partial charge in [-0.3, -0.25) is 4.90 Å². The van der Waals surface area contributed by atoms with Crippen LogP contribution in [-0.4, -0.2) is 42.8 Å². The minimum atomic E-state index is 0.403. The Morgan fingerprint density at radius 3 is 2.79 bits per heavy atom. The van der Waals surface area contributed by atoms with E-state index in [1.165, 1.54) is 32.2 Å². The summed E-state index contributed by atoms with van der Waals surface area (Å²) in [4.78, 5) is 2.55. The highest BCUT2D eigenvalue weighted by Crippen LogP contribution is 2.25. The summed E-state index contributed by atoms with van der Waals surface area (Å²) in [5, 5.41) is 0. The summed E-state index contributed by atoms with van der Waals surface area (Å²) in [6, 6.07) is 1.17. The zero-order valence-corrected chi connectivity index (χ0v) is 9.11. The molecule has 2 heterocycles. The summed E-state index contributed by atoms with van der Waals surface area (Å²) in [6.45, 7) is 5.20. The van der Waals surface area contributed by atoms with E-state index >= 15 is 0 Å². The average molecular weight is 198 g/mol. The van der Waals surface area contributed by atoms with Gasteiger partial charge in [0.15, 0.2) is 0 Å². The molecule has 0 saturated carbocycles. The van der Waals surface area contributed by atoms with Crippen molar-refractivity contribution < 1.29 is 4.74 Å². The summed E-state index contributed by atoms with van der Waals surface area (Å²) >= 11 is 0. The van der Waals surface area contributed by atoms with Gasteiger partial charge in [-0.25, -0.2) is 0 Å². The Hall–Kier alpha value is -0.120. The Labute approximate surface area is 86.6 Å². The van der Waals surface area contributed by atoms with Gasteiger partial charge in [0.25, 0.3) is 0 Å². The van der Waals surface area contributed by atoms with Crippen molar-refractivity contribution in [3.8, 4) is 0 Å². The van der Waals surface area contributed by atoms with Gasteiger partial charge in [0.1, 0.15) is 0 Å². The lowest BCUT2D eigenvalue weighted by atomic mass is 10.1. The normalized spacial score (nSPS) is 36.4. The fourth-order valence-corrected chi connectivity index (χ4v) is 2.85. The molecule has 2 rings (SSSR count). The first kappa shape index (κ1) is 10.4. The van der Waals surface area contributed by atoms with Crippen LogP contribution in [0.4, 0.5) is 0 Å². The Balaban J connectivity index is 1.96. The van der Waals surface area contributed by atoms with Crippen LogP contribution in [0, 0.1) is 0 Å². The Bertz CT molecular complexity index is 180. The van der Waals surface area contributed by atoms with Crippen molar-refractivity contribution in [2.45, 2.75) is 50.8 Å². The van der Waals surface area contributed by atoms with E-state index in [9.17, 15) is 0 Å². The number of likely N-dealkylation sites (tertiary alicyclic amines) is 1. The highest BCUT2D eigenvalue weighted by atomic mass is 16.5. The van der Waals surface area contributed by atoms with E-state index in [1.54, 1.807) is 0 Å². The highest BCUT2D eigenvalue weighted by Gasteiger charge is 2.34. The van der Waals surface area contributed by atoms with Crippen LogP contribution < -0.4 is 5.73 Å². The molecule has 2 saturated heterocycles. The van der Waals surface area contributed by atoms with Gasteiger partial charge in [0.05, 0.1) is 6.10 Å². The van der Waals surface area contributed by atoms with Gasteiger partial charge >= 0.3 is 0 Å². The predicted octanol–water partition coefficient (Wildman–Crippen LogP) is 0.977. The van der Waals surface area contributed by atoms with E-state index in [-0.39, 0.29) is 0 Å². The van der Waals surface area contributed by atoms with Crippen molar-refractivity contribution in [2.24, 2.45) is 5.73 Å². The van der Waals surface area contributed by atoms with Gasteiger partial charge in [0.2, 0.25) is 0 Å². The highest BCUT2D eigenvalue weighted by molar-refractivity contribution is 4.89. The maximum Gasteiger partial charge on any atom is 0.0743 e. The predicted molar refractivity (Wildman–Crippen MR) is 57.2 cm³/mol. The first-order chi connectivity index (χ1) is 6.83. The van der Waals surface area contributed by atoms with Gasteiger partial charge in [-0.15, -0.1) is 0 Å². The van der Waals surface area contributed by atoms with Crippen LogP contribution in [0.25, 0.3) is 0 Å². The summed E-state index contributed by atoms with van der Waals surface area (Å²) < 4.78 is 5.75. The van der Waals surface area contributed by atoms with Crippen LogP contribution in [0.3, 0.4) is 0 Å². The van der Waals surface area contributed by atoms with E-state index in [4.69, 9.17) is 10.5 Å². The quantitative estimate of drug-likeness (QED) is 0.734. The molecule has 0 aromatic heterocycles. The van der Waals surface area contributed by atoms with E-state index in [1.807, 2.05) is 0 Å². The molecule has 2 aliphatic rings. The number of nitrogens with two attached hydrogens (primary N) is 1. The Kier molecular flexibility index (Phi) is 3.42. The van der Waals surface area contributed by atoms with Crippen molar-refractivity contribution in [1.29, 1.82) is 0 Å². The van der Waals surface area contributed by atoms with E-state index < -0.39 is 0 Å². The topological polar surface area (TPSA) is 38.5 Å². The van der Waals surface area contributed by atoms with Crippen LogP contribution in [0.5, 0.6) is 0 Å². The Morgan fingerprint density at radius 1 is 1.43 bits per heavy atom. The van der Waals surface area contributed by atoms with Crippen LogP contribution in [0.2, 0.25) is 0 Å². The third-order valence-corrected chi connectivity index (χ3v) is 3.67. The van der Waals surface area contributed by atoms with Crippen molar-refractivity contribution in [3.05, 3.63) is 0 Å². The van der Waals surface area contributed by atoms with Crippen molar-refractivity contribution in [2.75, 3.05) is 19.7 Å². The van der Waals surface area contributed by atoms with Gasteiger partial charge in [-0.2, -0.15) is 0 Å². The fraction of sp³-hybridized carbons (Fsp3) is 1.00. The second-order valence-electron chi connectivity index (χ2n) is 4.58. The summed E-state index contributed by atoms with van der Waals surface area (Å²) in [7, 11) is 0. The number of hydrogen-bond donors (Lipinski definition) is 1. The minimum Gasteiger partial charge on any atom is -0.377 e. The van der Waals surface area contributed by atoms with E-state index in [0.29, 0.717) is 18.2 Å². The second kappa shape index (κ2) is 4.60. The smallest absolute Gasteiger partial charge is 0.0743 e. The molecule has 0 aliphatic carbocycles. The number of nitrogens with zero attached hydrogens (tertiary/aromatic N) is 1. The van der Waals surface area contributed by atoms with E-state index in [0.717, 1.165) is 13.2 Å². The molecule has 2 aliphatic heterocycles. The molecule has 0 radical (unpaired) electrons. The molecule has 3 atom stereocenters. The molecular formula is C11H22N2O. The third-order valence-electron chi connectivity index (χ3n) is 3.67. The first-order valence-electron chi connectivity index (χ1n) is 5.90. The van der Waals surface area contributed by atoms with E-state index in [2.05, 4.69) is 11.8 Å². The molecular weight excluding hydrogens is 176 g/mol. The molecule has 3 nitrogen and oxygen atoms in total. The maximum absolute atomic E-state index is 5.87. The molecule has 0 bridgehead atoms. The van der Waals surface area contributed by atoms with Crippen LogP contribution in [0.15, 0.2) is 0 Å². The molecule has 3 unspecified atom stereocenters.